The summed E-state index contributed by atoms with van der Waals surface area (Å²) in [6.07, 6.45) is -1.75. The molecule has 29 heavy (non-hydrogen) atoms. The number of aliphatic hydroxyl groups excluding tert-OH is 2. The topological polar surface area (TPSA) is 183 Å². The van der Waals surface area contributed by atoms with E-state index in [1.807, 2.05) is 0 Å². The summed E-state index contributed by atoms with van der Waals surface area (Å²) in [6, 6.07) is 5.05. The lowest BCUT2D eigenvalue weighted by atomic mass is 10.1. The van der Waals surface area contributed by atoms with Gasteiger partial charge in [-0.3, -0.25) is 9.12 Å². The Hall–Kier alpha value is -2.84. The maximum absolute atomic E-state index is 11.1. The van der Waals surface area contributed by atoms with Gasteiger partial charge in [-0.05, 0) is 24.3 Å². The van der Waals surface area contributed by atoms with Gasteiger partial charge >= 0.3 is 0 Å². The minimum Gasteiger partial charge on any atom is -0.491 e. The molecule has 12 nitrogen and oxygen atoms in total. The van der Waals surface area contributed by atoms with Gasteiger partial charge in [0.25, 0.3) is 10.1 Å². The molecule has 1 fully saturated rings. The van der Waals surface area contributed by atoms with Gasteiger partial charge in [-0.2, -0.15) is 8.42 Å². The van der Waals surface area contributed by atoms with Crippen LogP contribution in [0.15, 0.2) is 41.8 Å². The first-order valence-electron chi connectivity index (χ1n) is 8.40. The lowest BCUT2D eigenvalue weighted by Crippen LogP contribution is -2.34. The molecule has 0 bridgehead atoms. The van der Waals surface area contributed by atoms with Crippen LogP contribution < -0.4 is 10.5 Å². The molecule has 4 rings (SSSR count). The number of aromatic nitrogens is 4. The molecule has 0 radical (unpaired) electrons. The van der Waals surface area contributed by atoms with Crippen molar-refractivity contribution < 1.29 is 32.7 Å². The molecular formula is C16H17N5O7S. The molecule has 1 saturated heterocycles. The highest BCUT2D eigenvalue weighted by atomic mass is 32.2. The smallest absolute Gasteiger partial charge is 0.294 e. The van der Waals surface area contributed by atoms with E-state index in [4.69, 9.17) is 19.8 Å². The van der Waals surface area contributed by atoms with Crippen LogP contribution in [0, 0.1) is 0 Å². The number of nitrogens with zero attached hydrogens (tertiary/aromatic N) is 4. The quantitative estimate of drug-likeness (QED) is 0.383. The fraction of sp³-hybridized carbons (Fsp3) is 0.312. The number of nitrogens with two attached hydrogens (primary N) is 1. The zero-order valence-electron chi connectivity index (χ0n) is 14.7. The van der Waals surface area contributed by atoms with Crippen molar-refractivity contribution in [3.63, 3.8) is 0 Å². The number of fused-ring (bicyclic) bond motifs is 1. The first-order valence-corrected chi connectivity index (χ1v) is 9.84. The number of imidazole rings is 1. The van der Waals surface area contributed by atoms with Crippen LogP contribution in [0.3, 0.4) is 0 Å². The van der Waals surface area contributed by atoms with Crippen molar-refractivity contribution in [2.45, 2.75) is 29.4 Å². The lowest BCUT2D eigenvalue weighted by molar-refractivity contribution is -0.0474. The van der Waals surface area contributed by atoms with Crippen LogP contribution >= 0.6 is 0 Å². The molecule has 154 valence electrons. The molecule has 1 aliphatic rings. The van der Waals surface area contributed by atoms with Crippen molar-refractivity contribution in [1.82, 2.24) is 19.5 Å². The van der Waals surface area contributed by atoms with Gasteiger partial charge in [-0.15, -0.1) is 0 Å². The van der Waals surface area contributed by atoms with E-state index in [0.29, 0.717) is 16.9 Å². The third kappa shape index (κ3) is 3.61. The molecule has 0 aliphatic carbocycles. The van der Waals surface area contributed by atoms with Crippen LogP contribution in [0.4, 0.5) is 5.82 Å². The third-order valence-corrected chi connectivity index (χ3v) is 5.40. The number of rotatable bonds is 5. The summed E-state index contributed by atoms with van der Waals surface area (Å²) in [5.41, 5.74) is 6.44. The summed E-state index contributed by atoms with van der Waals surface area (Å²) >= 11 is 0. The second-order valence-corrected chi connectivity index (χ2v) is 7.81. The monoisotopic (exact) mass is 423 g/mol. The van der Waals surface area contributed by atoms with E-state index in [9.17, 15) is 18.6 Å². The van der Waals surface area contributed by atoms with Crippen molar-refractivity contribution in [2.75, 3.05) is 12.3 Å². The van der Waals surface area contributed by atoms with Crippen LogP contribution in [-0.4, -0.2) is 67.6 Å². The number of ether oxygens (including phenoxy) is 2. The summed E-state index contributed by atoms with van der Waals surface area (Å²) in [7, 11) is -4.30. The summed E-state index contributed by atoms with van der Waals surface area (Å²) in [5.74, 6) is 0.467. The molecule has 0 amide bonds. The molecule has 2 aromatic heterocycles. The number of hydrogen-bond acceptors (Lipinski definition) is 10. The summed E-state index contributed by atoms with van der Waals surface area (Å²) < 4.78 is 43.8. The van der Waals surface area contributed by atoms with E-state index in [1.54, 1.807) is 0 Å². The highest BCUT2D eigenvalue weighted by molar-refractivity contribution is 7.85. The second kappa shape index (κ2) is 7.20. The number of nitrogen functional groups attached to an aromatic ring is 1. The van der Waals surface area contributed by atoms with E-state index < -0.39 is 34.7 Å². The SMILES string of the molecule is Nc1ncnc2c1ncn2[C@@H]1O[C@H](COc2ccc(S(=O)(=O)O)cc2)[C@@H](O)[C@H]1O. The van der Waals surface area contributed by atoms with E-state index in [2.05, 4.69) is 15.0 Å². The van der Waals surface area contributed by atoms with E-state index in [-0.39, 0.29) is 17.3 Å². The maximum atomic E-state index is 11.1. The van der Waals surface area contributed by atoms with Crippen molar-refractivity contribution >= 4 is 27.1 Å². The Bertz CT molecular complexity index is 1130. The first-order chi connectivity index (χ1) is 13.8. The van der Waals surface area contributed by atoms with Gasteiger partial charge in [0.2, 0.25) is 0 Å². The number of hydrogen-bond donors (Lipinski definition) is 4. The molecule has 1 aliphatic heterocycles. The molecule has 13 heteroatoms. The van der Waals surface area contributed by atoms with E-state index in [0.717, 1.165) is 0 Å². The maximum Gasteiger partial charge on any atom is 0.294 e. The molecule has 5 N–H and O–H groups in total. The predicted octanol–water partition coefficient (Wildman–Crippen LogP) is -0.647. The molecule has 1 aromatic carbocycles. The molecular weight excluding hydrogens is 406 g/mol. The van der Waals surface area contributed by atoms with Gasteiger partial charge in [0, 0.05) is 0 Å². The average Bonchev–Trinajstić information content (AvgIpc) is 3.23. The molecule has 3 aromatic rings. The minimum atomic E-state index is -4.30. The van der Waals surface area contributed by atoms with Gasteiger partial charge in [0.1, 0.15) is 42.5 Å². The Kier molecular flexibility index (Phi) is 4.84. The summed E-state index contributed by atoms with van der Waals surface area (Å²) in [6.45, 7) is -0.121. The Labute approximate surface area is 164 Å². The standard InChI is InChI=1S/C16H17N5O7S/c17-14-11-15(19-6-18-14)21(7-20-11)16-13(23)12(22)10(28-16)5-27-8-1-3-9(4-2-8)29(24,25)26/h1-4,6-7,10,12-13,16,22-23H,5H2,(H2,17,18,19)(H,24,25,26)/t10-,12-,13-,16-/m1/s1. The summed E-state index contributed by atoms with van der Waals surface area (Å²) in [5, 5.41) is 20.7. The fourth-order valence-corrected chi connectivity index (χ4v) is 3.52. The Balaban J connectivity index is 1.48. The van der Waals surface area contributed by atoms with E-state index in [1.165, 1.54) is 41.5 Å². The van der Waals surface area contributed by atoms with Crippen molar-refractivity contribution in [3.05, 3.63) is 36.9 Å². The molecule has 0 spiro atoms. The van der Waals surface area contributed by atoms with Crippen LogP contribution in [0.5, 0.6) is 5.75 Å². The highest BCUT2D eigenvalue weighted by Crippen LogP contribution is 2.32. The van der Waals surface area contributed by atoms with Crippen LogP contribution in [0.1, 0.15) is 6.23 Å². The van der Waals surface area contributed by atoms with Gasteiger partial charge < -0.3 is 25.4 Å². The normalized spacial score (nSPS) is 24.8. The Morgan fingerprint density at radius 2 is 1.86 bits per heavy atom. The number of benzene rings is 1. The zero-order chi connectivity index (χ0) is 20.8. The number of anilines is 1. The van der Waals surface area contributed by atoms with Crippen LogP contribution in [-0.2, 0) is 14.9 Å². The summed E-state index contributed by atoms with van der Waals surface area (Å²) in [4.78, 5) is 11.8. The largest absolute Gasteiger partial charge is 0.491 e. The van der Waals surface area contributed by atoms with Crippen molar-refractivity contribution in [2.24, 2.45) is 0 Å². The van der Waals surface area contributed by atoms with Gasteiger partial charge in [0.15, 0.2) is 17.7 Å². The highest BCUT2D eigenvalue weighted by Gasteiger charge is 2.44. The minimum absolute atomic E-state index is 0.121. The Morgan fingerprint density at radius 3 is 2.55 bits per heavy atom. The molecule has 0 unspecified atom stereocenters. The average molecular weight is 423 g/mol. The second-order valence-electron chi connectivity index (χ2n) is 6.39. The van der Waals surface area contributed by atoms with Crippen molar-refractivity contribution in [1.29, 1.82) is 0 Å². The zero-order valence-corrected chi connectivity index (χ0v) is 15.5. The van der Waals surface area contributed by atoms with Gasteiger partial charge in [-0.25, -0.2) is 15.0 Å². The van der Waals surface area contributed by atoms with Gasteiger partial charge in [0.05, 0.1) is 11.2 Å². The van der Waals surface area contributed by atoms with Crippen LogP contribution in [0.2, 0.25) is 0 Å². The van der Waals surface area contributed by atoms with Gasteiger partial charge in [-0.1, -0.05) is 0 Å². The van der Waals surface area contributed by atoms with Crippen LogP contribution in [0.25, 0.3) is 11.2 Å². The Morgan fingerprint density at radius 1 is 1.14 bits per heavy atom. The third-order valence-electron chi connectivity index (χ3n) is 4.53. The molecule has 3 heterocycles. The lowest BCUT2D eigenvalue weighted by Gasteiger charge is -2.16. The predicted molar refractivity (Wildman–Crippen MR) is 97.4 cm³/mol. The van der Waals surface area contributed by atoms with Crippen molar-refractivity contribution in [3.8, 4) is 5.75 Å². The van der Waals surface area contributed by atoms with E-state index >= 15 is 0 Å². The first kappa shape index (κ1) is 19.5. The number of aliphatic hydroxyl groups is 2. The molecule has 4 atom stereocenters. The fourth-order valence-electron chi connectivity index (χ4n) is 3.04. The molecule has 0 saturated carbocycles.